The molecule has 0 spiro atoms. The molecule has 2 atom stereocenters. The lowest BCUT2D eigenvalue weighted by atomic mass is 9.87. The van der Waals surface area contributed by atoms with E-state index >= 15 is 0 Å². The van der Waals surface area contributed by atoms with Gasteiger partial charge in [0.1, 0.15) is 5.25 Å². The molecule has 0 aliphatic carbocycles. The molecule has 1 aliphatic heterocycles. The first-order chi connectivity index (χ1) is 11.3. The molecule has 1 aromatic carbocycles. The molecule has 0 unspecified atom stereocenters. The second-order valence-corrected chi connectivity index (χ2v) is 9.61. The molecule has 1 fully saturated rings. The highest BCUT2D eigenvalue weighted by Gasteiger charge is 2.26. The van der Waals surface area contributed by atoms with Gasteiger partial charge in [0.2, 0.25) is 5.91 Å². The van der Waals surface area contributed by atoms with E-state index in [0.717, 1.165) is 31.5 Å². The lowest BCUT2D eigenvalue weighted by Gasteiger charge is -2.24. The Hall–Kier alpha value is -1.16. The molecular formula is C20H31NO2S. The van der Waals surface area contributed by atoms with E-state index in [1.165, 1.54) is 18.4 Å². The van der Waals surface area contributed by atoms with E-state index in [0.29, 0.717) is 5.75 Å². The Bertz CT molecular complexity index is 566. The van der Waals surface area contributed by atoms with Crippen molar-refractivity contribution in [2.75, 3.05) is 13.1 Å². The van der Waals surface area contributed by atoms with Crippen LogP contribution in [-0.4, -0.2) is 33.4 Å². The molecule has 1 saturated heterocycles. The van der Waals surface area contributed by atoms with Crippen molar-refractivity contribution >= 4 is 16.7 Å². The minimum atomic E-state index is -1.17. The van der Waals surface area contributed by atoms with Crippen LogP contribution in [0.1, 0.15) is 64.5 Å². The maximum atomic E-state index is 12.6. The van der Waals surface area contributed by atoms with Crippen LogP contribution in [0, 0.1) is 0 Å². The maximum absolute atomic E-state index is 12.6. The van der Waals surface area contributed by atoms with Crippen molar-refractivity contribution in [3.05, 3.63) is 35.4 Å². The Kier molecular flexibility index (Phi) is 6.62. The Morgan fingerprint density at radius 2 is 1.62 bits per heavy atom. The third-order valence-corrected chi connectivity index (χ3v) is 6.40. The van der Waals surface area contributed by atoms with E-state index in [2.05, 4.69) is 32.9 Å². The summed E-state index contributed by atoms with van der Waals surface area (Å²) in [4.78, 5) is 14.5. The molecule has 0 bridgehead atoms. The maximum Gasteiger partial charge on any atom is 0.238 e. The smallest absolute Gasteiger partial charge is 0.238 e. The zero-order valence-electron chi connectivity index (χ0n) is 15.5. The molecule has 1 amide bonds. The minimum absolute atomic E-state index is 0.0570. The van der Waals surface area contributed by atoms with Gasteiger partial charge in [-0.3, -0.25) is 9.00 Å². The summed E-state index contributed by atoms with van der Waals surface area (Å²) in [7, 11) is -1.17. The van der Waals surface area contributed by atoms with Crippen LogP contribution in [0.3, 0.4) is 0 Å². The van der Waals surface area contributed by atoms with Gasteiger partial charge in [0.15, 0.2) is 0 Å². The van der Waals surface area contributed by atoms with Gasteiger partial charge in [-0.05, 0) is 36.3 Å². The summed E-state index contributed by atoms with van der Waals surface area (Å²) in [6.07, 6.45) is 4.53. The molecule has 1 aliphatic rings. The zero-order chi connectivity index (χ0) is 17.7. The van der Waals surface area contributed by atoms with Gasteiger partial charge in [0.05, 0.1) is 0 Å². The molecule has 0 radical (unpaired) electrons. The Morgan fingerprint density at radius 3 is 2.12 bits per heavy atom. The summed E-state index contributed by atoms with van der Waals surface area (Å²) in [5.74, 6) is 0.507. The second kappa shape index (κ2) is 8.28. The van der Waals surface area contributed by atoms with Crippen molar-refractivity contribution in [2.24, 2.45) is 0 Å². The molecule has 0 N–H and O–H groups in total. The number of hydrogen-bond donors (Lipinski definition) is 0. The SMILES string of the molecule is C[C@H](C(=O)N1CCCCCC1)[S@](=O)Cc1ccc(C(C)(C)C)cc1. The summed E-state index contributed by atoms with van der Waals surface area (Å²) < 4.78 is 12.6. The number of likely N-dealkylation sites (tertiary alicyclic amines) is 1. The Balaban J connectivity index is 1.96. The third kappa shape index (κ3) is 5.17. The molecule has 1 aromatic rings. The van der Waals surface area contributed by atoms with Crippen LogP contribution >= 0.6 is 0 Å². The second-order valence-electron chi connectivity index (χ2n) is 7.85. The molecule has 3 nitrogen and oxygen atoms in total. The van der Waals surface area contributed by atoms with E-state index in [-0.39, 0.29) is 11.3 Å². The van der Waals surface area contributed by atoms with E-state index in [1.54, 1.807) is 0 Å². The number of amides is 1. The Labute approximate surface area is 149 Å². The van der Waals surface area contributed by atoms with E-state index in [4.69, 9.17) is 0 Å². The number of hydrogen-bond acceptors (Lipinski definition) is 2. The van der Waals surface area contributed by atoms with E-state index < -0.39 is 16.0 Å². The van der Waals surface area contributed by atoms with Crippen molar-refractivity contribution in [3.8, 4) is 0 Å². The van der Waals surface area contributed by atoms with E-state index in [1.807, 2.05) is 24.0 Å². The van der Waals surface area contributed by atoms with Gasteiger partial charge in [-0.25, -0.2) is 0 Å². The van der Waals surface area contributed by atoms with E-state index in [9.17, 15) is 9.00 Å². The highest BCUT2D eigenvalue weighted by Crippen LogP contribution is 2.23. The van der Waals surface area contributed by atoms with Crippen LogP contribution in [0.25, 0.3) is 0 Å². The lowest BCUT2D eigenvalue weighted by molar-refractivity contribution is -0.130. The molecule has 0 aromatic heterocycles. The lowest BCUT2D eigenvalue weighted by Crippen LogP contribution is -2.40. The molecule has 134 valence electrons. The van der Waals surface area contributed by atoms with Crippen LogP contribution in [-0.2, 0) is 26.8 Å². The van der Waals surface area contributed by atoms with Crippen molar-refractivity contribution < 1.29 is 9.00 Å². The average molecular weight is 350 g/mol. The fourth-order valence-corrected chi connectivity index (χ4v) is 4.20. The summed E-state index contributed by atoms with van der Waals surface area (Å²) in [5, 5.41) is -0.426. The highest BCUT2D eigenvalue weighted by atomic mass is 32.2. The fraction of sp³-hybridized carbons (Fsp3) is 0.650. The van der Waals surface area contributed by atoms with Crippen molar-refractivity contribution in [1.82, 2.24) is 4.90 Å². The standard InChI is InChI=1S/C20H31NO2S/c1-16(19(22)21-13-7-5-6-8-14-21)24(23)15-17-9-11-18(12-10-17)20(2,3)4/h9-12,16H,5-8,13-15H2,1-4H3/t16-,24-/m1/s1. The van der Waals surface area contributed by atoms with Crippen LogP contribution < -0.4 is 0 Å². The average Bonchev–Trinajstić information content (AvgIpc) is 2.82. The van der Waals surface area contributed by atoms with Gasteiger partial charge in [0, 0.05) is 29.6 Å². The van der Waals surface area contributed by atoms with Gasteiger partial charge in [-0.15, -0.1) is 0 Å². The summed E-state index contributed by atoms with van der Waals surface area (Å²) >= 11 is 0. The summed E-state index contributed by atoms with van der Waals surface area (Å²) in [6.45, 7) is 10.0. The minimum Gasteiger partial charge on any atom is -0.342 e. The fourth-order valence-electron chi connectivity index (χ4n) is 3.05. The van der Waals surface area contributed by atoms with Gasteiger partial charge >= 0.3 is 0 Å². The van der Waals surface area contributed by atoms with Crippen LogP contribution in [0.4, 0.5) is 0 Å². The van der Waals surface area contributed by atoms with Crippen LogP contribution in [0.2, 0.25) is 0 Å². The number of carbonyl (C=O) groups is 1. The van der Waals surface area contributed by atoms with Crippen LogP contribution in [0.15, 0.2) is 24.3 Å². The number of benzene rings is 1. The summed E-state index contributed by atoms with van der Waals surface area (Å²) in [6, 6.07) is 8.30. The number of carbonyl (C=O) groups excluding carboxylic acids is 1. The first kappa shape index (κ1) is 19.2. The molecule has 2 rings (SSSR count). The first-order valence-corrected chi connectivity index (χ1v) is 10.4. The molecule has 1 heterocycles. The molecule has 4 heteroatoms. The number of rotatable bonds is 4. The van der Waals surface area contributed by atoms with Gasteiger partial charge in [0.25, 0.3) is 0 Å². The number of nitrogens with zero attached hydrogens (tertiary/aromatic N) is 1. The molecule has 0 saturated carbocycles. The van der Waals surface area contributed by atoms with Gasteiger partial charge in [-0.2, -0.15) is 0 Å². The quantitative estimate of drug-likeness (QED) is 0.823. The van der Waals surface area contributed by atoms with Crippen molar-refractivity contribution in [1.29, 1.82) is 0 Å². The monoisotopic (exact) mass is 349 g/mol. The zero-order valence-corrected chi connectivity index (χ0v) is 16.3. The van der Waals surface area contributed by atoms with Crippen molar-refractivity contribution in [3.63, 3.8) is 0 Å². The normalized spacial score (nSPS) is 18.8. The Morgan fingerprint density at radius 1 is 1.08 bits per heavy atom. The summed E-state index contributed by atoms with van der Waals surface area (Å²) in [5.41, 5.74) is 2.43. The molecule has 24 heavy (non-hydrogen) atoms. The van der Waals surface area contributed by atoms with Gasteiger partial charge in [-0.1, -0.05) is 57.9 Å². The topological polar surface area (TPSA) is 37.4 Å². The predicted octanol–water partition coefficient (Wildman–Crippen LogP) is 4.02. The van der Waals surface area contributed by atoms with Crippen molar-refractivity contribution in [2.45, 2.75) is 69.8 Å². The third-order valence-electron chi connectivity index (χ3n) is 4.79. The van der Waals surface area contributed by atoms with Gasteiger partial charge < -0.3 is 4.90 Å². The molecular weight excluding hydrogens is 318 g/mol. The van der Waals surface area contributed by atoms with Crippen LogP contribution in [0.5, 0.6) is 0 Å². The largest absolute Gasteiger partial charge is 0.342 e. The first-order valence-electron chi connectivity index (χ1n) is 9.04. The highest BCUT2D eigenvalue weighted by molar-refractivity contribution is 7.85. The predicted molar refractivity (Wildman–Crippen MR) is 101 cm³/mol.